The molecule has 2 fully saturated rings. The Kier molecular flexibility index (Phi) is 4.36. The van der Waals surface area contributed by atoms with Gasteiger partial charge in [0, 0.05) is 23.6 Å². The third-order valence-corrected chi connectivity index (χ3v) is 5.69. The van der Waals surface area contributed by atoms with E-state index in [9.17, 15) is 4.79 Å². The van der Waals surface area contributed by atoms with Gasteiger partial charge in [0.1, 0.15) is 0 Å². The van der Waals surface area contributed by atoms with Crippen molar-refractivity contribution in [1.29, 1.82) is 0 Å². The number of amides is 1. The Morgan fingerprint density at radius 3 is 2.76 bits per heavy atom. The molecule has 1 aromatic rings. The average Bonchev–Trinajstić information content (AvgIpc) is 3.22. The smallest absolute Gasteiger partial charge is 0.230 e. The van der Waals surface area contributed by atoms with E-state index >= 15 is 0 Å². The molecule has 1 N–H and O–H groups in total. The van der Waals surface area contributed by atoms with Gasteiger partial charge in [-0.25, -0.2) is 0 Å². The first-order valence-electron chi connectivity index (χ1n) is 7.91. The zero-order valence-corrected chi connectivity index (χ0v) is 14.2. The van der Waals surface area contributed by atoms with Crippen LogP contribution in [0.4, 0.5) is 0 Å². The maximum atomic E-state index is 13.2. The second-order valence-corrected chi connectivity index (χ2v) is 7.17. The van der Waals surface area contributed by atoms with Crippen LogP contribution in [0, 0.1) is 5.41 Å². The lowest BCUT2D eigenvalue weighted by atomic mass is 9.82. The van der Waals surface area contributed by atoms with Gasteiger partial charge in [0.05, 0.1) is 5.41 Å². The molecule has 2 aliphatic rings. The van der Waals surface area contributed by atoms with E-state index in [1.54, 1.807) is 0 Å². The van der Waals surface area contributed by atoms with Gasteiger partial charge in [-0.3, -0.25) is 4.79 Å². The molecule has 1 atom stereocenters. The zero-order chi connectivity index (χ0) is 14.9. The molecule has 1 aromatic carbocycles. The van der Waals surface area contributed by atoms with E-state index in [2.05, 4.69) is 45.2 Å². The highest BCUT2D eigenvalue weighted by Crippen LogP contribution is 2.38. The van der Waals surface area contributed by atoms with Crippen molar-refractivity contribution < 1.29 is 4.79 Å². The Morgan fingerprint density at radius 1 is 1.43 bits per heavy atom. The van der Waals surface area contributed by atoms with Gasteiger partial charge < -0.3 is 10.2 Å². The molecular formula is C17H23BrN2O. The van der Waals surface area contributed by atoms with Gasteiger partial charge in [0.25, 0.3) is 0 Å². The summed E-state index contributed by atoms with van der Waals surface area (Å²) < 4.78 is 1.10. The molecule has 1 amide bonds. The van der Waals surface area contributed by atoms with Crippen molar-refractivity contribution in [3.63, 3.8) is 0 Å². The lowest BCUT2D eigenvalue weighted by Gasteiger charge is -2.33. The Balaban J connectivity index is 1.81. The fourth-order valence-corrected chi connectivity index (χ4v) is 3.66. The van der Waals surface area contributed by atoms with Crippen molar-refractivity contribution in [2.45, 2.75) is 45.2 Å². The highest BCUT2D eigenvalue weighted by atomic mass is 79.9. The molecule has 21 heavy (non-hydrogen) atoms. The summed E-state index contributed by atoms with van der Waals surface area (Å²) in [5.41, 5.74) is 1.03. The Hall–Kier alpha value is -0.870. The van der Waals surface area contributed by atoms with Crippen molar-refractivity contribution >= 4 is 21.8 Å². The van der Waals surface area contributed by atoms with Gasteiger partial charge in [0.15, 0.2) is 0 Å². The molecule has 114 valence electrons. The fraction of sp³-hybridized carbons (Fsp3) is 0.588. The number of carbonyl (C=O) groups excluding carboxylic acids is 1. The fourth-order valence-electron chi connectivity index (χ4n) is 3.25. The van der Waals surface area contributed by atoms with E-state index in [4.69, 9.17) is 0 Å². The molecule has 1 heterocycles. The van der Waals surface area contributed by atoms with Crippen molar-refractivity contribution in [3.8, 4) is 0 Å². The normalized spacial score (nSPS) is 25.0. The van der Waals surface area contributed by atoms with Crippen molar-refractivity contribution in [3.05, 3.63) is 34.3 Å². The van der Waals surface area contributed by atoms with Crippen LogP contribution in [0.25, 0.3) is 0 Å². The van der Waals surface area contributed by atoms with Crippen LogP contribution in [-0.4, -0.2) is 29.9 Å². The predicted octanol–water partition coefficient (Wildman–Crippen LogP) is 3.33. The topological polar surface area (TPSA) is 32.3 Å². The van der Waals surface area contributed by atoms with Crippen LogP contribution in [0.3, 0.4) is 0 Å². The van der Waals surface area contributed by atoms with E-state index in [1.807, 2.05) is 12.1 Å². The van der Waals surface area contributed by atoms with E-state index in [0.717, 1.165) is 49.8 Å². The summed E-state index contributed by atoms with van der Waals surface area (Å²) in [7, 11) is 0. The van der Waals surface area contributed by atoms with Gasteiger partial charge >= 0.3 is 0 Å². The Morgan fingerprint density at radius 2 is 2.19 bits per heavy atom. The molecule has 0 aromatic heterocycles. The second-order valence-electron chi connectivity index (χ2n) is 6.32. The number of nitrogens with one attached hydrogen (secondary N) is 1. The van der Waals surface area contributed by atoms with Crippen molar-refractivity contribution in [2.24, 2.45) is 5.41 Å². The summed E-state index contributed by atoms with van der Waals surface area (Å²) in [5, 5.41) is 3.38. The van der Waals surface area contributed by atoms with Gasteiger partial charge in [0.2, 0.25) is 5.91 Å². The molecule has 0 bridgehead atoms. The lowest BCUT2D eigenvalue weighted by Crippen LogP contribution is -2.45. The molecule has 1 saturated carbocycles. The largest absolute Gasteiger partial charge is 0.335 e. The molecule has 1 unspecified atom stereocenters. The molecule has 0 spiro atoms. The number of benzene rings is 1. The summed E-state index contributed by atoms with van der Waals surface area (Å²) in [6.07, 6.45) is 4.21. The molecule has 0 radical (unpaired) electrons. The first-order valence-corrected chi connectivity index (χ1v) is 8.71. The number of halogens is 1. The summed E-state index contributed by atoms with van der Waals surface area (Å²) in [5.74, 6) is 0.355. The van der Waals surface area contributed by atoms with E-state index in [-0.39, 0.29) is 5.41 Å². The Labute approximate surface area is 135 Å². The standard InChI is InChI=1S/C17H23BrN2O/c1-2-17(9-10-19-12-17)16(21)20(14-7-8-14)11-13-5-3-4-6-15(13)18/h3-6,14,19H,2,7-12H2,1H3. The van der Waals surface area contributed by atoms with Crippen molar-refractivity contribution in [1.82, 2.24) is 10.2 Å². The molecule has 1 aliphatic carbocycles. The first-order chi connectivity index (χ1) is 10.2. The number of nitrogens with zero attached hydrogens (tertiary/aromatic N) is 1. The maximum absolute atomic E-state index is 13.2. The number of hydrogen-bond donors (Lipinski definition) is 1. The second kappa shape index (κ2) is 6.09. The van der Waals surface area contributed by atoms with Crippen LogP contribution in [0.2, 0.25) is 0 Å². The van der Waals surface area contributed by atoms with Crippen LogP contribution in [0.1, 0.15) is 38.2 Å². The first kappa shape index (κ1) is 15.0. The quantitative estimate of drug-likeness (QED) is 0.883. The summed E-state index contributed by atoms with van der Waals surface area (Å²) in [6.45, 7) is 4.68. The third-order valence-electron chi connectivity index (χ3n) is 4.92. The monoisotopic (exact) mass is 350 g/mol. The van der Waals surface area contributed by atoms with Crippen LogP contribution in [0.15, 0.2) is 28.7 Å². The molecular weight excluding hydrogens is 328 g/mol. The summed E-state index contributed by atoms with van der Waals surface area (Å²) in [4.78, 5) is 15.3. The highest BCUT2D eigenvalue weighted by Gasteiger charge is 2.45. The minimum absolute atomic E-state index is 0.177. The van der Waals surface area contributed by atoms with Gasteiger partial charge in [-0.2, -0.15) is 0 Å². The molecule has 1 aliphatic heterocycles. The molecule has 3 nitrogen and oxygen atoms in total. The van der Waals surface area contributed by atoms with Gasteiger partial charge in [-0.05, 0) is 43.9 Å². The van der Waals surface area contributed by atoms with E-state index < -0.39 is 0 Å². The molecule has 3 rings (SSSR count). The number of rotatable bonds is 5. The summed E-state index contributed by atoms with van der Waals surface area (Å²) in [6, 6.07) is 8.68. The number of hydrogen-bond acceptors (Lipinski definition) is 2. The Bertz CT molecular complexity index is 521. The molecule has 1 saturated heterocycles. The minimum Gasteiger partial charge on any atom is -0.335 e. The summed E-state index contributed by atoms with van der Waals surface area (Å²) >= 11 is 3.61. The lowest BCUT2D eigenvalue weighted by molar-refractivity contribution is -0.142. The highest BCUT2D eigenvalue weighted by molar-refractivity contribution is 9.10. The van der Waals surface area contributed by atoms with Crippen molar-refractivity contribution in [2.75, 3.05) is 13.1 Å². The predicted molar refractivity (Wildman–Crippen MR) is 87.9 cm³/mol. The van der Waals surface area contributed by atoms with Gasteiger partial charge in [-0.1, -0.05) is 41.1 Å². The average molecular weight is 351 g/mol. The van der Waals surface area contributed by atoms with Crippen LogP contribution < -0.4 is 5.32 Å². The minimum atomic E-state index is -0.177. The van der Waals surface area contributed by atoms with E-state index in [0.29, 0.717) is 11.9 Å². The SMILES string of the molecule is CCC1(C(=O)N(Cc2ccccc2Br)C2CC2)CCNC1. The third kappa shape index (κ3) is 3.02. The van der Waals surface area contributed by atoms with Gasteiger partial charge in [-0.15, -0.1) is 0 Å². The van der Waals surface area contributed by atoms with Crippen LogP contribution in [0.5, 0.6) is 0 Å². The number of carbonyl (C=O) groups is 1. The maximum Gasteiger partial charge on any atom is 0.230 e. The van der Waals surface area contributed by atoms with E-state index in [1.165, 1.54) is 5.56 Å². The molecule has 4 heteroatoms. The van der Waals surface area contributed by atoms with Crippen LogP contribution >= 0.6 is 15.9 Å². The zero-order valence-electron chi connectivity index (χ0n) is 12.6. The van der Waals surface area contributed by atoms with Crippen LogP contribution in [-0.2, 0) is 11.3 Å².